The summed E-state index contributed by atoms with van der Waals surface area (Å²) in [5.41, 5.74) is 0. The molecule has 0 saturated carbocycles. The Balaban J connectivity index is 1.60. The van der Waals surface area contributed by atoms with E-state index < -0.39 is 0 Å². The number of ether oxygens (including phenoxy) is 2. The van der Waals surface area contributed by atoms with E-state index in [1.165, 1.54) is 38.8 Å². The molecular weight excluding hydrogens is 256 g/mol. The Morgan fingerprint density at radius 2 is 1.95 bits per heavy atom. The molecule has 0 aliphatic carbocycles. The highest BCUT2D eigenvalue weighted by atomic mass is 16.5. The Labute approximate surface area is 122 Å². The van der Waals surface area contributed by atoms with Crippen LogP contribution in [0.2, 0.25) is 0 Å². The van der Waals surface area contributed by atoms with Crippen LogP contribution in [0.25, 0.3) is 0 Å². The highest BCUT2D eigenvalue weighted by Gasteiger charge is 2.29. The summed E-state index contributed by atoms with van der Waals surface area (Å²) >= 11 is 0. The van der Waals surface area contributed by atoms with Crippen molar-refractivity contribution in [2.24, 2.45) is 0 Å². The van der Waals surface area contributed by atoms with Crippen LogP contribution in [0.4, 0.5) is 0 Å². The van der Waals surface area contributed by atoms with Crippen molar-refractivity contribution >= 4 is 0 Å². The summed E-state index contributed by atoms with van der Waals surface area (Å²) in [5.74, 6) is 0. The number of hydrogen-bond acceptors (Lipinski definition) is 5. The van der Waals surface area contributed by atoms with Crippen molar-refractivity contribution < 1.29 is 14.6 Å². The van der Waals surface area contributed by atoms with E-state index in [0.29, 0.717) is 25.9 Å². The Kier molecular flexibility index (Phi) is 7.24. The Morgan fingerprint density at radius 1 is 1.15 bits per heavy atom. The van der Waals surface area contributed by atoms with Crippen LogP contribution in [0.1, 0.15) is 25.7 Å². The molecule has 2 heterocycles. The van der Waals surface area contributed by atoms with E-state index in [2.05, 4.69) is 9.80 Å². The standard InChI is InChI=1S/C15H30N2O3/c1-19-9-10-20-13-15(18)12-16-8-5-14(11-16)17-6-3-2-4-7-17/h14-15,18H,2-13H2,1H3. The van der Waals surface area contributed by atoms with E-state index in [-0.39, 0.29) is 6.10 Å². The van der Waals surface area contributed by atoms with Crippen molar-refractivity contribution in [3.63, 3.8) is 0 Å². The molecule has 0 bridgehead atoms. The molecule has 2 atom stereocenters. The lowest BCUT2D eigenvalue weighted by Gasteiger charge is -2.32. The molecule has 5 heteroatoms. The number of aliphatic hydroxyl groups is 1. The van der Waals surface area contributed by atoms with Crippen molar-refractivity contribution in [3.05, 3.63) is 0 Å². The SMILES string of the molecule is COCCOCC(O)CN1CCC(N2CCCCC2)C1. The van der Waals surface area contributed by atoms with Gasteiger partial charge in [0.05, 0.1) is 25.9 Å². The van der Waals surface area contributed by atoms with E-state index in [4.69, 9.17) is 9.47 Å². The van der Waals surface area contributed by atoms with Crippen molar-refractivity contribution in [1.82, 2.24) is 9.80 Å². The lowest BCUT2D eigenvalue weighted by Crippen LogP contribution is -2.42. The van der Waals surface area contributed by atoms with Crippen molar-refractivity contribution in [2.75, 3.05) is 59.7 Å². The first kappa shape index (κ1) is 16.2. The van der Waals surface area contributed by atoms with Gasteiger partial charge in [0.1, 0.15) is 0 Å². The average molecular weight is 286 g/mol. The fourth-order valence-corrected chi connectivity index (χ4v) is 3.27. The maximum atomic E-state index is 9.98. The molecule has 2 unspecified atom stereocenters. The summed E-state index contributed by atoms with van der Waals surface area (Å²) in [4.78, 5) is 5.02. The summed E-state index contributed by atoms with van der Waals surface area (Å²) in [5, 5.41) is 9.98. The molecule has 0 aromatic rings. The van der Waals surface area contributed by atoms with Gasteiger partial charge in [-0.05, 0) is 38.9 Å². The number of nitrogens with zero attached hydrogens (tertiary/aromatic N) is 2. The van der Waals surface area contributed by atoms with E-state index in [0.717, 1.165) is 19.6 Å². The largest absolute Gasteiger partial charge is 0.389 e. The zero-order valence-corrected chi connectivity index (χ0v) is 12.8. The summed E-state index contributed by atoms with van der Waals surface area (Å²) < 4.78 is 10.3. The van der Waals surface area contributed by atoms with Gasteiger partial charge in [0, 0.05) is 26.2 Å². The molecule has 2 saturated heterocycles. The van der Waals surface area contributed by atoms with Crippen LogP contribution in [0, 0.1) is 0 Å². The quantitative estimate of drug-likeness (QED) is 0.661. The normalized spacial score (nSPS) is 27.0. The molecule has 5 nitrogen and oxygen atoms in total. The van der Waals surface area contributed by atoms with Crippen LogP contribution in [0.3, 0.4) is 0 Å². The van der Waals surface area contributed by atoms with Gasteiger partial charge in [-0.25, -0.2) is 0 Å². The van der Waals surface area contributed by atoms with Crippen LogP contribution in [-0.4, -0.2) is 86.7 Å². The molecule has 0 aromatic heterocycles. The molecule has 0 amide bonds. The lowest BCUT2D eigenvalue weighted by molar-refractivity contribution is 0.00126. The third-order valence-corrected chi connectivity index (χ3v) is 4.37. The van der Waals surface area contributed by atoms with Crippen molar-refractivity contribution in [3.8, 4) is 0 Å². The molecule has 20 heavy (non-hydrogen) atoms. The first-order chi connectivity index (χ1) is 9.79. The molecule has 2 aliphatic heterocycles. The van der Waals surface area contributed by atoms with Crippen LogP contribution < -0.4 is 0 Å². The van der Waals surface area contributed by atoms with E-state index in [1.54, 1.807) is 7.11 Å². The van der Waals surface area contributed by atoms with Crippen LogP contribution in [0.15, 0.2) is 0 Å². The van der Waals surface area contributed by atoms with Gasteiger partial charge in [-0.1, -0.05) is 6.42 Å². The molecule has 1 N–H and O–H groups in total. The van der Waals surface area contributed by atoms with Gasteiger partial charge in [-0.15, -0.1) is 0 Å². The van der Waals surface area contributed by atoms with Crippen LogP contribution in [0.5, 0.6) is 0 Å². The Hall–Kier alpha value is -0.200. The van der Waals surface area contributed by atoms with Gasteiger partial charge < -0.3 is 14.6 Å². The highest BCUT2D eigenvalue weighted by molar-refractivity contribution is 4.85. The summed E-state index contributed by atoms with van der Waals surface area (Å²) in [6, 6.07) is 0.705. The number of methoxy groups -OCH3 is 1. The number of piperidine rings is 1. The van der Waals surface area contributed by atoms with Gasteiger partial charge in [0.2, 0.25) is 0 Å². The second-order valence-corrected chi connectivity index (χ2v) is 6.02. The topological polar surface area (TPSA) is 45.2 Å². The molecule has 118 valence electrons. The zero-order valence-electron chi connectivity index (χ0n) is 12.8. The van der Waals surface area contributed by atoms with Crippen molar-refractivity contribution in [2.45, 2.75) is 37.8 Å². The van der Waals surface area contributed by atoms with Crippen LogP contribution >= 0.6 is 0 Å². The summed E-state index contributed by atoms with van der Waals surface area (Å²) in [7, 11) is 1.66. The maximum absolute atomic E-state index is 9.98. The smallest absolute Gasteiger partial charge is 0.0900 e. The number of aliphatic hydroxyl groups excluding tert-OH is 1. The number of β-amino-alcohol motifs (C(OH)–C–C–N with tert-alkyl or cyclic N) is 1. The minimum absolute atomic E-state index is 0.382. The molecule has 2 fully saturated rings. The third kappa shape index (κ3) is 5.30. The number of rotatable bonds is 8. The Morgan fingerprint density at radius 3 is 2.70 bits per heavy atom. The van der Waals surface area contributed by atoms with Crippen LogP contribution in [-0.2, 0) is 9.47 Å². The average Bonchev–Trinajstić information content (AvgIpc) is 2.93. The van der Waals surface area contributed by atoms with E-state index >= 15 is 0 Å². The minimum atomic E-state index is -0.382. The fraction of sp³-hybridized carbons (Fsp3) is 1.00. The zero-order chi connectivity index (χ0) is 14.2. The lowest BCUT2D eigenvalue weighted by atomic mass is 10.1. The predicted molar refractivity (Wildman–Crippen MR) is 79.0 cm³/mol. The molecule has 2 aliphatic rings. The monoisotopic (exact) mass is 286 g/mol. The second-order valence-electron chi connectivity index (χ2n) is 6.02. The molecule has 0 spiro atoms. The van der Waals surface area contributed by atoms with Gasteiger partial charge >= 0.3 is 0 Å². The molecule has 0 radical (unpaired) electrons. The first-order valence-electron chi connectivity index (χ1n) is 8.00. The maximum Gasteiger partial charge on any atom is 0.0900 e. The first-order valence-corrected chi connectivity index (χ1v) is 8.00. The van der Waals surface area contributed by atoms with Crippen molar-refractivity contribution in [1.29, 1.82) is 0 Å². The summed E-state index contributed by atoms with van der Waals surface area (Å²) in [6.45, 7) is 7.04. The highest BCUT2D eigenvalue weighted by Crippen LogP contribution is 2.20. The van der Waals surface area contributed by atoms with E-state index in [1.807, 2.05) is 0 Å². The second kappa shape index (κ2) is 8.95. The predicted octanol–water partition coefficient (Wildman–Crippen LogP) is 0.571. The molecule has 2 rings (SSSR count). The molecule has 0 aromatic carbocycles. The van der Waals surface area contributed by atoms with Gasteiger partial charge in [0.25, 0.3) is 0 Å². The Bertz CT molecular complexity index is 260. The number of likely N-dealkylation sites (tertiary alicyclic amines) is 2. The van der Waals surface area contributed by atoms with Gasteiger partial charge in [-0.3, -0.25) is 9.80 Å². The molecular formula is C15H30N2O3. The number of hydrogen-bond donors (Lipinski definition) is 1. The van der Waals surface area contributed by atoms with Gasteiger partial charge in [0.15, 0.2) is 0 Å². The minimum Gasteiger partial charge on any atom is -0.389 e. The third-order valence-electron chi connectivity index (χ3n) is 4.37. The summed E-state index contributed by atoms with van der Waals surface area (Å²) in [6.07, 6.45) is 4.97. The van der Waals surface area contributed by atoms with Gasteiger partial charge in [-0.2, -0.15) is 0 Å². The fourth-order valence-electron chi connectivity index (χ4n) is 3.27. The van der Waals surface area contributed by atoms with E-state index in [9.17, 15) is 5.11 Å².